The Bertz CT molecular complexity index is 360. The van der Waals surface area contributed by atoms with E-state index in [0.717, 1.165) is 4.88 Å². The molecule has 2 rings (SSSR count). The molecule has 1 aliphatic carbocycles. The Morgan fingerprint density at radius 1 is 1.27 bits per heavy atom. The number of carbonyl (C=O) groups is 2. The monoisotopic (exact) mass is 163 g/mol. The fourth-order valence-corrected chi connectivity index (χ4v) is 1.64. The normalized spacial score (nSPS) is 15.3. The molecule has 0 saturated heterocycles. The van der Waals surface area contributed by atoms with E-state index in [4.69, 9.17) is 0 Å². The second-order valence-electron chi connectivity index (χ2n) is 2.17. The number of hydrogen-bond donors (Lipinski definition) is 0. The van der Waals surface area contributed by atoms with Gasteiger partial charge in [-0.05, 0) is 18.2 Å². The lowest BCUT2D eigenvalue weighted by Crippen LogP contribution is -2.13. The average Bonchev–Trinajstić information content (AvgIpc) is 2.45. The van der Waals surface area contributed by atoms with Crippen LogP contribution in [0.2, 0.25) is 0 Å². The zero-order valence-electron chi connectivity index (χ0n) is 5.46. The summed E-state index contributed by atoms with van der Waals surface area (Å²) in [5.74, 6) is -0.857. The first-order chi connectivity index (χ1) is 5.29. The SMILES string of the molecule is O=C1C=Cc2s[c]cc2C1=O. The summed E-state index contributed by atoms with van der Waals surface area (Å²) in [5, 5.41) is 2.81. The molecule has 1 aromatic rings. The molecule has 0 unspecified atom stereocenters. The van der Waals surface area contributed by atoms with Crippen molar-refractivity contribution in [2.75, 3.05) is 0 Å². The van der Waals surface area contributed by atoms with Crippen LogP contribution in [-0.4, -0.2) is 11.6 Å². The molecule has 1 aromatic heterocycles. The Kier molecular flexibility index (Phi) is 1.26. The number of rotatable bonds is 0. The highest BCUT2D eigenvalue weighted by molar-refractivity contribution is 7.11. The Balaban J connectivity index is 2.66. The molecule has 0 aromatic carbocycles. The Morgan fingerprint density at radius 2 is 2.09 bits per heavy atom. The van der Waals surface area contributed by atoms with E-state index in [1.54, 1.807) is 12.1 Å². The summed E-state index contributed by atoms with van der Waals surface area (Å²) < 4.78 is 0. The second-order valence-corrected chi connectivity index (χ2v) is 3.05. The van der Waals surface area contributed by atoms with Crippen LogP contribution in [0, 0.1) is 5.38 Å². The van der Waals surface area contributed by atoms with Crippen molar-refractivity contribution in [3.63, 3.8) is 0 Å². The number of fused-ring (bicyclic) bond motifs is 1. The highest BCUT2D eigenvalue weighted by atomic mass is 32.1. The van der Waals surface area contributed by atoms with Crippen LogP contribution >= 0.6 is 11.3 Å². The molecule has 0 fully saturated rings. The Hall–Kier alpha value is -1.22. The number of carbonyl (C=O) groups excluding carboxylic acids is 2. The molecule has 1 heterocycles. The van der Waals surface area contributed by atoms with Crippen LogP contribution in [0.25, 0.3) is 6.08 Å². The molecule has 1 radical (unpaired) electrons. The third kappa shape index (κ3) is 0.851. The summed E-state index contributed by atoms with van der Waals surface area (Å²) in [5.41, 5.74) is 0.488. The second kappa shape index (κ2) is 2.13. The average molecular weight is 163 g/mol. The van der Waals surface area contributed by atoms with E-state index < -0.39 is 11.6 Å². The van der Waals surface area contributed by atoms with E-state index in [2.05, 4.69) is 5.38 Å². The predicted octanol–water partition coefficient (Wildman–Crippen LogP) is 1.33. The largest absolute Gasteiger partial charge is 0.286 e. The molecular formula is C8H3O2S. The van der Waals surface area contributed by atoms with E-state index in [1.165, 1.54) is 17.4 Å². The van der Waals surface area contributed by atoms with Gasteiger partial charge in [-0.15, -0.1) is 11.3 Å². The molecular weight excluding hydrogens is 160 g/mol. The molecule has 0 bridgehead atoms. The quantitative estimate of drug-likeness (QED) is 0.540. The smallest absolute Gasteiger partial charge is 0.234 e. The molecule has 3 heteroatoms. The molecule has 0 aliphatic heterocycles. The van der Waals surface area contributed by atoms with E-state index in [1.807, 2.05) is 0 Å². The molecule has 0 amide bonds. The lowest BCUT2D eigenvalue weighted by Gasteiger charge is -1.99. The highest BCUT2D eigenvalue weighted by Crippen LogP contribution is 2.22. The van der Waals surface area contributed by atoms with Gasteiger partial charge in [-0.2, -0.15) is 0 Å². The summed E-state index contributed by atoms with van der Waals surface area (Å²) in [7, 11) is 0. The highest BCUT2D eigenvalue weighted by Gasteiger charge is 2.21. The zero-order chi connectivity index (χ0) is 7.84. The van der Waals surface area contributed by atoms with Crippen LogP contribution in [0.4, 0.5) is 0 Å². The minimum Gasteiger partial charge on any atom is -0.286 e. The van der Waals surface area contributed by atoms with Gasteiger partial charge in [0.05, 0.1) is 0 Å². The van der Waals surface area contributed by atoms with Crippen molar-refractivity contribution < 1.29 is 9.59 Å². The van der Waals surface area contributed by atoms with Crippen molar-refractivity contribution in [3.8, 4) is 0 Å². The van der Waals surface area contributed by atoms with E-state index in [0.29, 0.717) is 5.56 Å². The van der Waals surface area contributed by atoms with Crippen LogP contribution in [-0.2, 0) is 4.79 Å². The van der Waals surface area contributed by atoms with Crippen molar-refractivity contribution in [3.05, 3.63) is 28.0 Å². The maximum atomic E-state index is 11.1. The first kappa shape index (κ1) is 6.49. The van der Waals surface area contributed by atoms with E-state index in [-0.39, 0.29) is 0 Å². The number of thiophene rings is 1. The predicted molar refractivity (Wildman–Crippen MR) is 41.5 cm³/mol. The molecule has 0 N–H and O–H groups in total. The maximum absolute atomic E-state index is 11.1. The number of allylic oxidation sites excluding steroid dienone is 1. The fraction of sp³-hybridized carbons (Fsp3) is 0. The number of Topliss-reactive ketones (excluding diaryl/α,β-unsaturated/α-hetero) is 1. The third-order valence-electron chi connectivity index (χ3n) is 1.49. The van der Waals surface area contributed by atoms with Crippen molar-refractivity contribution in [1.29, 1.82) is 0 Å². The molecule has 11 heavy (non-hydrogen) atoms. The first-order valence-electron chi connectivity index (χ1n) is 3.05. The first-order valence-corrected chi connectivity index (χ1v) is 3.87. The van der Waals surface area contributed by atoms with Gasteiger partial charge in [-0.3, -0.25) is 9.59 Å². The fourth-order valence-electron chi connectivity index (χ4n) is 0.939. The van der Waals surface area contributed by atoms with Crippen molar-refractivity contribution >= 4 is 29.0 Å². The van der Waals surface area contributed by atoms with Crippen LogP contribution in [0.1, 0.15) is 15.2 Å². The van der Waals surface area contributed by atoms with Gasteiger partial charge in [0.2, 0.25) is 11.6 Å². The lowest BCUT2D eigenvalue weighted by molar-refractivity contribution is -0.110. The van der Waals surface area contributed by atoms with E-state index in [9.17, 15) is 9.59 Å². The topological polar surface area (TPSA) is 34.1 Å². The van der Waals surface area contributed by atoms with Gasteiger partial charge in [0.25, 0.3) is 0 Å². The number of ketones is 2. The van der Waals surface area contributed by atoms with Crippen LogP contribution < -0.4 is 0 Å². The van der Waals surface area contributed by atoms with Crippen molar-refractivity contribution in [2.45, 2.75) is 0 Å². The number of hydrogen-bond acceptors (Lipinski definition) is 3. The van der Waals surface area contributed by atoms with Gasteiger partial charge in [0.1, 0.15) is 0 Å². The summed E-state index contributed by atoms with van der Waals surface area (Å²) in [6.45, 7) is 0. The molecule has 0 saturated carbocycles. The minimum absolute atomic E-state index is 0.417. The van der Waals surface area contributed by atoms with Crippen LogP contribution in [0.5, 0.6) is 0 Å². The molecule has 53 valence electrons. The summed E-state index contributed by atoms with van der Waals surface area (Å²) >= 11 is 1.35. The molecule has 0 spiro atoms. The van der Waals surface area contributed by atoms with Gasteiger partial charge in [-0.25, -0.2) is 0 Å². The summed E-state index contributed by atoms with van der Waals surface area (Å²) in [6, 6.07) is 1.56. The molecule has 1 aliphatic rings. The van der Waals surface area contributed by atoms with E-state index >= 15 is 0 Å². The maximum Gasteiger partial charge on any atom is 0.234 e. The van der Waals surface area contributed by atoms with Gasteiger partial charge >= 0.3 is 0 Å². The van der Waals surface area contributed by atoms with Gasteiger partial charge in [0, 0.05) is 15.8 Å². The molecule has 0 atom stereocenters. The van der Waals surface area contributed by atoms with Gasteiger partial charge in [-0.1, -0.05) is 0 Å². The van der Waals surface area contributed by atoms with Crippen LogP contribution in [0.15, 0.2) is 12.1 Å². The molecule has 2 nitrogen and oxygen atoms in total. The summed E-state index contributed by atoms with van der Waals surface area (Å²) in [4.78, 5) is 22.7. The van der Waals surface area contributed by atoms with Crippen molar-refractivity contribution in [1.82, 2.24) is 0 Å². The lowest BCUT2D eigenvalue weighted by atomic mass is 10.0. The van der Waals surface area contributed by atoms with Crippen molar-refractivity contribution in [2.24, 2.45) is 0 Å². The zero-order valence-corrected chi connectivity index (χ0v) is 6.27. The van der Waals surface area contributed by atoms with Gasteiger partial charge < -0.3 is 0 Å². The summed E-state index contributed by atoms with van der Waals surface area (Å²) in [6.07, 6.45) is 2.95. The van der Waals surface area contributed by atoms with Gasteiger partial charge in [0.15, 0.2) is 0 Å². The third-order valence-corrected chi connectivity index (χ3v) is 2.30. The standard InChI is InChI=1S/C8H3O2S/c9-6-1-2-7-5(8(6)10)3-4-11-7/h1-3H. The minimum atomic E-state index is -0.440. The Labute approximate surface area is 67.2 Å². The Morgan fingerprint density at radius 3 is 2.91 bits per heavy atom. The van der Waals surface area contributed by atoms with Crippen LogP contribution in [0.3, 0.4) is 0 Å².